The van der Waals surface area contributed by atoms with E-state index < -0.39 is 5.82 Å². The number of carbonyl (C=O) groups is 1. The maximum absolute atomic E-state index is 13.0. The number of ether oxygens (including phenoxy) is 2. The van der Waals surface area contributed by atoms with Gasteiger partial charge in [-0.15, -0.1) is 0 Å². The third-order valence-corrected chi connectivity index (χ3v) is 2.48. The molecule has 1 unspecified atom stereocenters. The van der Waals surface area contributed by atoms with Gasteiger partial charge in [-0.3, -0.25) is 4.79 Å². The Balaban J connectivity index is 2.02. The number of halogens is 1. The van der Waals surface area contributed by atoms with E-state index in [0.29, 0.717) is 19.5 Å². The SMILES string of the molecule is COc1nc(OC2CCN(C=O)C2)ncc1F. The van der Waals surface area contributed by atoms with Crippen molar-refractivity contribution in [1.29, 1.82) is 0 Å². The van der Waals surface area contributed by atoms with Crippen LogP contribution in [0.2, 0.25) is 0 Å². The van der Waals surface area contributed by atoms with Crippen molar-refractivity contribution in [1.82, 2.24) is 14.9 Å². The lowest BCUT2D eigenvalue weighted by atomic mass is 10.3. The van der Waals surface area contributed by atoms with Gasteiger partial charge in [0.25, 0.3) is 5.88 Å². The summed E-state index contributed by atoms with van der Waals surface area (Å²) in [5.41, 5.74) is 0. The van der Waals surface area contributed by atoms with Gasteiger partial charge in [-0.2, -0.15) is 9.37 Å². The molecule has 0 radical (unpaired) electrons. The van der Waals surface area contributed by atoms with Crippen LogP contribution in [-0.2, 0) is 4.79 Å². The molecular weight excluding hydrogens is 229 g/mol. The number of amides is 1. The molecule has 2 rings (SSSR count). The quantitative estimate of drug-likeness (QED) is 0.706. The fourth-order valence-corrected chi connectivity index (χ4v) is 1.63. The number of likely N-dealkylation sites (tertiary alicyclic amines) is 1. The monoisotopic (exact) mass is 241 g/mol. The van der Waals surface area contributed by atoms with E-state index in [2.05, 4.69) is 9.97 Å². The van der Waals surface area contributed by atoms with Gasteiger partial charge >= 0.3 is 6.01 Å². The summed E-state index contributed by atoms with van der Waals surface area (Å²) in [6, 6.07) is 0.0565. The first-order chi connectivity index (χ1) is 8.22. The average molecular weight is 241 g/mol. The summed E-state index contributed by atoms with van der Waals surface area (Å²) in [5, 5.41) is 0. The van der Waals surface area contributed by atoms with Crippen LogP contribution < -0.4 is 9.47 Å². The van der Waals surface area contributed by atoms with Crippen LogP contribution in [0, 0.1) is 5.82 Å². The summed E-state index contributed by atoms with van der Waals surface area (Å²) >= 11 is 0. The minimum absolute atomic E-state index is 0.0565. The number of aromatic nitrogens is 2. The van der Waals surface area contributed by atoms with Gasteiger partial charge in [-0.1, -0.05) is 0 Å². The van der Waals surface area contributed by atoms with Crippen molar-refractivity contribution in [2.24, 2.45) is 0 Å². The Kier molecular flexibility index (Phi) is 3.36. The fourth-order valence-electron chi connectivity index (χ4n) is 1.63. The maximum atomic E-state index is 13.0. The molecule has 0 saturated carbocycles. The molecule has 0 aliphatic carbocycles. The highest BCUT2D eigenvalue weighted by Gasteiger charge is 2.23. The molecule has 1 aliphatic heterocycles. The standard InChI is InChI=1S/C10H12FN3O3/c1-16-9-8(11)4-12-10(13-9)17-7-2-3-14(5-7)6-15/h4,6-7H,2-3,5H2,1H3. The predicted octanol–water partition coefficient (Wildman–Crippen LogP) is 0.234. The molecule has 17 heavy (non-hydrogen) atoms. The molecule has 6 nitrogen and oxygen atoms in total. The first kappa shape index (κ1) is 11.6. The molecule has 1 fully saturated rings. The third kappa shape index (κ3) is 2.61. The highest BCUT2D eigenvalue weighted by atomic mass is 19.1. The van der Waals surface area contributed by atoms with Gasteiger partial charge < -0.3 is 14.4 Å². The lowest BCUT2D eigenvalue weighted by molar-refractivity contribution is -0.117. The minimum Gasteiger partial charge on any atom is -0.479 e. The molecule has 1 aromatic rings. The Labute approximate surface area is 97.4 Å². The zero-order valence-corrected chi connectivity index (χ0v) is 9.30. The Morgan fingerprint density at radius 2 is 2.47 bits per heavy atom. The van der Waals surface area contributed by atoms with E-state index in [-0.39, 0.29) is 18.0 Å². The van der Waals surface area contributed by atoms with Crippen LogP contribution in [-0.4, -0.2) is 47.6 Å². The molecule has 1 aliphatic rings. The minimum atomic E-state index is -0.638. The molecular formula is C10H12FN3O3. The second-order valence-corrected chi connectivity index (χ2v) is 3.64. The van der Waals surface area contributed by atoms with Crippen molar-refractivity contribution in [3.63, 3.8) is 0 Å². The normalized spacial score (nSPS) is 19.2. The van der Waals surface area contributed by atoms with E-state index in [9.17, 15) is 9.18 Å². The fraction of sp³-hybridized carbons (Fsp3) is 0.500. The molecule has 0 bridgehead atoms. The molecule has 1 aromatic heterocycles. The topological polar surface area (TPSA) is 64.6 Å². The summed E-state index contributed by atoms with van der Waals surface area (Å²) in [7, 11) is 1.32. The molecule has 1 amide bonds. The summed E-state index contributed by atoms with van der Waals surface area (Å²) in [6.45, 7) is 1.14. The molecule has 0 aromatic carbocycles. The molecule has 7 heteroatoms. The second-order valence-electron chi connectivity index (χ2n) is 3.64. The Bertz CT molecular complexity index is 416. The van der Waals surface area contributed by atoms with Crippen LogP contribution >= 0.6 is 0 Å². The maximum Gasteiger partial charge on any atom is 0.320 e. The van der Waals surface area contributed by atoms with Gasteiger partial charge in [-0.25, -0.2) is 4.98 Å². The van der Waals surface area contributed by atoms with E-state index >= 15 is 0 Å². The highest BCUT2D eigenvalue weighted by Crippen LogP contribution is 2.18. The zero-order valence-electron chi connectivity index (χ0n) is 9.30. The smallest absolute Gasteiger partial charge is 0.320 e. The summed E-state index contributed by atoms with van der Waals surface area (Å²) in [5.74, 6) is -0.791. The van der Waals surface area contributed by atoms with E-state index in [1.54, 1.807) is 4.90 Å². The van der Waals surface area contributed by atoms with Crippen molar-refractivity contribution in [3.8, 4) is 11.9 Å². The second kappa shape index (κ2) is 4.94. The summed E-state index contributed by atoms with van der Waals surface area (Å²) in [4.78, 5) is 19.6. The summed E-state index contributed by atoms with van der Waals surface area (Å²) in [6.07, 6.45) is 2.32. The number of hydrogen-bond acceptors (Lipinski definition) is 5. The molecule has 0 N–H and O–H groups in total. The summed E-state index contributed by atoms with van der Waals surface area (Å²) < 4.78 is 23.2. The van der Waals surface area contributed by atoms with Crippen molar-refractivity contribution in [3.05, 3.63) is 12.0 Å². The molecule has 0 spiro atoms. The van der Waals surface area contributed by atoms with Crippen molar-refractivity contribution in [2.45, 2.75) is 12.5 Å². The van der Waals surface area contributed by atoms with Gasteiger partial charge in [0.1, 0.15) is 6.10 Å². The van der Waals surface area contributed by atoms with Gasteiger partial charge in [-0.05, 0) is 0 Å². The lowest BCUT2D eigenvalue weighted by Gasteiger charge is -2.12. The van der Waals surface area contributed by atoms with E-state index in [1.807, 2.05) is 0 Å². The number of methoxy groups -OCH3 is 1. The number of carbonyl (C=O) groups excluding carboxylic acids is 1. The number of nitrogens with zero attached hydrogens (tertiary/aromatic N) is 3. The highest BCUT2D eigenvalue weighted by molar-refractivity contribution is 5.47. The Hall–Kier alpha value is -1.92. The number of rotatable bonds is 4. The van der Waals surface area contributed by atoms with E-state index in [4.69, 9.17) is 9.47 Å². The molecule has 2 heterocycles. The molecule has 92 valence electrons. The number of hydrogen-bond donors (Lipinski definition) is 0. The molecule has 1 atom stereocenters. The van der Waals surface area contributed by atoms with Gasteiger partial charge in [0.05, 0.1) is 19.9 Å². The largest absolute Gasteiger partial charge is 0.479 e. The average Bonchev–Trinajstić information content (AvgIpc) is 2.79. The van der Waals surface area contributed by atoms with Gasteiger partial charge in [0, 0.05) is 13.0 Å². The Morgan fingerprint density at radius 1 is 1.65 bits per heavy atom. The predicted molar refractivity (Wildman–Crippen MR) is 55.2 cm³/mol. The van der Waals surface area contributed by atoms with Crippen LogP contribution in [0.3, 0.4) is 0 Å². The first-order valence-electron chi connectivity index (χ1n) is 5.15. The molecule has 1 saturated heterocycles. The van der Waals surface area contributed by atoms with Crippen LogP contribution in [0.25, 0.3) is 0 Å². The first-order valence-corrected chi connectivity index (χ1v) is 5.15. The third-order valence-electron chi connectivity index (χ3n) is 2.48. The lowest BCUT2D eigenvalue weighted by Crippen LogP contribution is -2.24. The van der Waals surface area contributed by atoms with Crippen molar-refractivity contribution < 1.29 is 18.7 Å². The van der Waals surface area contributed by atoms with Crippen molar-refractivity contribution in [2.75, 3.05) is 20.2 Å². The van der Waals surface area contributed by atoms with Crippen LogP contribution in [0.15, 0.2) is 6.20 Å². The van der Waals surface area contributed by atoms with Crippen LogP contribution in [0.5, 0.6) is 11.9 Å². The van der Waals surface area contributed by atoms with Crippen LogP contribution in [0.1, 0.15) is 6.42 Å². The van der Waals surface area contributed by atoms with Gasteiger partial charge in [0.2, 0.25) is 12.2 Å². The van der Waals surface area contributed by atoms with Gasteiger partial charge in [0.15, 0.2) is 0 Å². The van der Waals surface area contributed by atoms with E-state index in [0.717, 1.165) is 12.6 Å². The van der Waals surface area contributed by atoms with Crippen molar-refractivity contribution >= 4 is 6.41 Å². The Morgan fingerprint density at radius 3 is 3.12 bits per heavy atom. The van der Waals surface area contributed by atoms with E-state index in [1.165, 1.54) is 7.11 Å². The van der Waals surface area contributed by atoms with Crippen LogP contribution in [0.4, 0.5) is 4.39 Å². The zero-order chi connectivity index (χ0) is 12.3.